The number of rotatable bonds is 0. The van der Waals surface area contributed by atoms with Crippen LogP contribution in [0.5, 0.6) is 0 Å². The van der Waals surface area contributed by atoms with Crippen molar-refractivity contribution in [1.29, 1.82) is 0 Å². The molecule has 3 atom stereocenters. The van der Waals surface area contributed by atoms with Gasteiger partial charge in [0.2, 0.25) is 0 Å². The van der Waals surface area contributed by atoms with Gasteiger partial charge in [-0.25, -0.2) is 4.79 Å². The molecule has 5 nitrogen and oxygen atoms in total. The molecule has 50 heavy (non-hydrogen) atoms. The van der Waals surface area contributed by atoms with Crippen LogP contribution in [0.4, 0.5) is 0 Å². The zero-order valence-corrected chi connectivity index (χ0v) is 33.4. The van der Waals surface area contributed by atoms with Crippen LogP contribution in [0.2, 0.25) is 0 Å². The van der Waals surface area contributed by atoms with Crippen molar-refractivity contribution in [2.75, 3.05) is 36.1 Å². The predicted molar refractivity (Wildman–Crippen MR) is 213 cm³/mol. The van der Waals surface area contributed by atoms with Crippen molar-refractivity contribution in [1.82, 2.24) is 9.80 Å². The fraction of sp³-hybridized carbons (Fsp3) is 0.561. The quantitative estimate of drug-likeness (QED) is 0.246. The van der Waals surface area contributed by atoms with Crippen LogP contribution >= 0.6 is 47.0 Å². The second-order valence-electron chi connectivity index (χ2n) is 15.2. The van der Waals surface area contributed by atoms with E-state index < -0.39 is 0 Å². The monoisotopic (exact) mass is 746 g/mol. The highest BCUT2D eigenvalue weighted by Gasteiger charge is 2.57. The number of carbonyl (C=O) groups excluding carboxylic acids is 2. The highest BCUT2D eigenvalue weighted by atomic mass is 32.2. The summed E-state index contributed by atoms with van der Waals surface area (Å²) < 4.78 is 5.56. The topological polar surface area (TPSA) is 49.9 Å². The molecule has 2 aromatic rings. The Labute approximate surface area is 315 Å². The Kier molecular flexibility index (Phi) is 9.47. The summed E-state index contributed by atoms with van der Waals surface area (Å²) in [6.45, 7) is 12.6. The fourth-order valence-electron chi connectivity index (χ4n) is 9.78. The number of hydrogen-bond donors (Lipinski definition) is 0. The van der Waals surface area contributed by atoms with Gasteiger partial charge in [-0.2, -0.15) is 0 Å². The number of fused-ring (bicyclic) bond motifs is 10. The lowest BCUT2D eigenvalue weighted by Gasteiger charge is -2.53. The van der Waals surface area contributed by atoms with Gasteiger partial charge in [-0.3, -0.25) is 4.79 Å². The standard InChI is InChI=1S/C21H25NOS2.C18H19NO2S2.C2H6/c1-20(2)11-17-19(18(23)13-20)21(24-9-10-25-21)12-16-15-6-4-3-5-14(15)7-8-22(16)17;1-11-16-15(17(20)21-11)18(22-8-9-23-18)10-14-13-5-3-2-4-12(13)6-7-19(14)16;1-2/h3-6,16H,7-13H2,1-2H3;2-5,11,14H,6-10H2,1H3;1-2H3. The molecule has 0 saturated carbocycles. The zero-order chi connectivity index (χ0) is 34.8. The molecule has 2 saturated heterocycles. The normalized spacial score (nSPS) is 29.1. The Balaban J connectivity index is 0.000000138. The van der Waals surface area contributed by atoms with Crippen LogP contribution in [0.3, 0.4) is 0 Å². The zero-order valence-electron chi connectivity index (χ0n) is 30.1. The van der Waals surface area contributed by atoms with E-state index in [0.717, 1.165) is 62.3 Å². The average molecular weight is 747 g/mol. The maximum atomic E-state index is 13.2. The van der Waals surface area contributed by atoms with Crippen molar-refractivity contribution in [3.8, 4) is 0 Å². The Bertz CT molecular complexity index is 1760. The fourth-order valence-corrected chi connectivity index (χ4v) is 16.6. The number of ketones is 1. The van der Waals surface area contributed by atoms with Crippen LogP contribution in [-0.4, -0.2) is 71.9 Å². The van der Waals surface area contributed by atoms with Gasteiger partial charge in [0.15, 0.2) is 5.78 Å². The minimum atomic E-state index is -0.107. The summed E-state index contributed by atoms with van der Waals surface area (Å²) in [7, 11) is 0. The van der Waals surface area contributed by atoms with Crippen LogP contribution in [0.15, 0.2) is 71.1 Å². The third-order valence-electron chi connectivity index (χ3n) is 11.7. The molecule has 2 aromatic carbocycles. The van der Waals surface area contributed by atoms with Gasteiger partial charge in [-0.05, 0) is 53.9 Å². The van der Waals surface area contributed by atoms with Gasteiger partial charge in [0, 0.05) is 66.6 Å². The molecule has 266 valence electrons. The van der Waals surface area contributed by atoms with E-state index in [4.69, 9.17) is 4.74 Å². The van der Waals surface area contributed by atoms with E-state index in [1.165, 1.54) is 50.7 Å². The van der Waals surface area contributed by atoms with Gasteiger partial charge in [-0.1, -0.05) is 76.2 Å². The summed E-state index contributed by atoms with van der Waals surface area (Å²) in [6.07, 6.45) is 5.91. The molecular weight excluding hydrogens is 697 g/mol. The summed E-state index contributed by atoms with van der Waals surface area (Å²) in [5.74, 6) is 4.94. The molecule has 2 fully saturated rings. The Morgan fingerprint density at radius 1 is 0.700 bits per heavy atom. The second kappa shape index (κ2) is 13.5. The molecule has 0 amide bonds. The van der Waals surface area contributed by atoms with Crippen molar-refractivity contribution in [3.63, 3.8) is 0 Å². The van der Waals surface area contributed by atoms with Crippen molar-refractivity contribution >= 4 is 58.8 Å². The number of carbonyl (C=O) groups is 2. The van der Waals surface area contributed by atoms with E-state index in [0.29, 0.717) is 24.3 Å². The van der Waals surface area contributed by atoms with Crippen LogP contribution < -0.4 is 0 Å². The van der Waals surface area contributed by atoms with Gasteiger partial charge in [0.25, 0.3) is 0 Å². The second-order valence-corrected chi connectivity index (χ2v) is 21.3. The highest BCUT2D eigenvalue weighted by Crippen LogP contribution is 2.63. The van der Waals surface area contributed by atoms with E-state index in [2.05, 4.69) is 72.2 Å². The van der Waals surface area contributed by atoms with Gasteiger partial charge < -0.3 is 14.5 Å². The Morgan fingerprint density at radius 2 is 1.20 bits per heavy atom. The third-order valence-corrected chi connectivity index (χ3v) is 18.6. The van der Waals surface area contributed by atoms with Crippen LogP contribution in [0.1, 0.15) is 94.6 Å². The molecule has 0 bridgehead atoms. The molecule has 7 aliphatic heterocycles. The first kappa shape index (κ1) is 35.1. The Hall–Kier alpha value is -1.94. The van der Waals surface area contributed by atoms with E-state index in [1.807, 2.05) is 67.8 Å². The molecule has 0 aromatic heterocycles. The average Bonchev–Trinajstić information content (AvgIpc) is 3.85. The number of esters is 1. The van der Waals surface area contributed by atoms with E-state index >= 15 is 0 Å². The molecule has 3 unspecified atom stereocenters. The minimum absolute atomic E-state index is 0.00847. The van der Waals surface area contributed by atoms with Crippen LogP contribution in [0.25, 0.3) is 0 Å². The minimum Gasteiger partial charge on any atom is -0.453 e. The molecule has 0 N–H and O–H groups in total. The van der Waals surface area contributed by atoms with Crippen molar-refractivity contribution < 1.29 is 14.3 Å². The number of hydrogen-bond acceptors (Lipinski definition) is 9. The summed E-state index contributed by atoms with van der Waals surface area (Å²) in [6, 6.07) is 18.6. The summed E-state index contributed by atoms with van der Waals surface area (Å²) in [4.78, 5) is 30.9. The smallest absolute Gasteiger partial charge is 0.338 e. The molecule has 1 aliphatic carbocycles. The molecule has 9 heteroatoms. The van der Waals surface area contributed by atoms with E-state index in [-0.39, 0.29) is 25.6 Å². The molecule has 7 heterocycles. The van der Waals surface area contributed by atoms with E-state index in [1.54, 1.807) is 0 Å². The molecular formula is C41H50N2O3S4. The third kappa shape index (κ3) is 5.70. The summed E-state index contributed by atoms with van der Waals surface area (Å²) >= 11 is 8.00. The number of benzene rings is 2. The number of cyclic esters (lactones) is 1. The lowest BCUT2D eigenvalue weighted by atomic mass is 9.71. The maximum Gasteiger partial charge on any atom is 0.338 e. The summed E-state index contributed by atoms with van der Waals surface area (Å²) in [5.41, 5.74) is 10.7. The molecule has 8 aliphatic rings. The SMILES string of the molecule is CC.CC1(C)CC(=O)C2=C(C1)N1CCc3ccccc3C1CC21SCCS1.CC1OC(=O)C2=C1N1CCc3ccccc3C1CC21SCCS1. The first-order valence-corrected chi connectivity index (χ1v) is 22.6. The van der Waals surface area contributed by atoms with Crippen LogP contribution in [0, 0.1) is 5.41 Å². The van der Waals surface area contributed by atoms with Crippen molar-refractivity contribution in [3.05, 3.63) is 93.3 Å². The number of allylic oxidation sites excluding steroid dienone is 1. The van der Waals surface area contributed by atoms with Gasteiger partial charge in [0.1, 0.15) is 6.10 Å². The van der Waals surface area contributed by atoms with Gasteiger partial charge in [-0.15, -0.1) is 47.0 Å². The predicted octanol–water partition coefficient (Wildman–Crippen LogP) is 9.20. The number of ether oxygens (including phenoxy) is 1. The van der Waals surface area contributed by atoms with Crippen molar-refractivity contribution in [2.24, 2.45) is 5.41 Å². The molecule has 0 radical (unpaired) electrons. The lowest BCUT2D eigenvalue weighted by Crippen LogP contribution is -2.49. The first-order valence-electron chi connectivity index (χ1n) is 18.7. The van der Waals surface area contributed by atoms with Gasteiger partial charge >= 0.3 is 5.97 Å². The number of nitrogens with zero attached hydrogens (tertiary/aromatic N) is 2. The largest absolute Gasteiger partial charge is 0.453 e. The maximum absolute atomic E-state index is 13.2. The first-order chi connectivity index (χ1) is 24.2. The molecule has 10 rings (SSSR count). The lowest BCUT2D eigenvalue weighted by molar-refractivity contribution is -0.139. The van der Waals surface area contributed by atoms with Gasteiger partial charge in [0.05, 0.1) is 31.5 Å². The summed E-state index contributed by atoms with van der Waals surface area (Å²) in [5, 5.41) is 0. The highest BCUT2D eigenvalue weighted by molar-refractivity contribution is 8.22. The molecule has 2 spiro atoms. The Morgan fingerprint density at radius 3 is 1.78 bits per heavy atom. The number of thioether (sulfide) groups is 4. The number of Topliss-reactive ketones (excluding diaryl/α,β-unsaturated/α-hetero) is 1. The van der Waals surface area contributed by atoms with Crippen molar-refractivity contribution in [2.45, 2.75) is 99.5 Å². The van der Waals surface area contributed by atoms with Crippen LogP contribution in [-0.2, 0) is 27.2 Å². The van der Waals surface area contributed by atoms with E-state index in [9.17, 15) is 9.59 Å².